The average molecular weight is 846 g/mol. The highest BCUT2D eigenvalue weighted by Gasteiger charge is 2.33. The molecular weight excluding hydrogens is 799 g/mol. The van der Waals surface area contributed by atoms with Gasteiger partial charge in [0.25, 0.3) is 5.22 Å². The maximum atomic E-state index is 12.9. The number of rotatable bonds is 15. The fourth-order valence-corrected chi connectivity index (χ4v) is 8.24. The van der Waals surface area contributed by atoms with E-state index in [0.717, 1.165) is 61.5 Å². The smallest absolute Gasteiger partial charge is 0.328 e. The number of benzene rings is 6. The van der Waals surface area contributed by atoms with Crippen molar-refractivity contribution in [2.75, 3.05) is 12.9 Å². The molecule has 1 fully saturated rings. The van der Waals surface area contributed by atoms with Crippen molar-refractivity contribution in [3.63, 3.8) is 0 Å². The fourth-order valence-electron chi connectivity index (χ4n) is 7.40. The third kappa shape index (κ3) is 10.7. The quantitative estimate of drug-likeness (QED) is 0.0682. The predicted octanol–water partition coefficient (Wildman–Crippen LogP) is 10.1. The maximum absolute atomic E-state index is 12.9. The standard InChI is InChI=1S/C51H47N3O7S/c1-58-48(56)44(29-34-12-5-2-6-13-34)53-50(57)52-31-36-14-11-19-42(28-36)37-24-26-41(27-25-37)49-59-43(30-45(60-49)38-22-20-35(32-55)21-23-38)33-62-51-54-46(39-15-7-3-8-16-39)47(61-51)40-17-9-4-10-18-40/h2-28,43-45,49,55H,29-33H2,1H3,(H2,52,53,57). The van der Waals surface area contributed by atoms with Gasteiger partial charge in [-0.15, -0.1) is 0 Å². The normalized spacial score (nSPS) is 16.6. The average Bonchev–Trinajstić information content (AvgIpc) is 3.78. The Bertz CT molecular complexity index is 2480. The second-order valence-electron chi connectivity index (χ2n) is 15.0. The minimum atomic E-state index is -0.824. The van der Waals surface area contributed by atoms with E-state index in [4.69, 9.17) is 23.6 Å². The molecule has 0 aliphatic carbocycles. The molecule has 7 aromatic rings. The number of esters is 1. The number of oxazole rings is 1. The number of methoxy groups -OCH3 is 1. The second kappa shape index (κ2) is 20.4. The van der Waals surface area contributed by atoms with E-state index >= 15 is 0 Å². The van der Waals surface area contributed by atoms with Gasteiger partial charge in [-0.05, 0) is 39.4 Å². The number of carbonyl (C=O) groups is 2. The van der Waals surface area contributed by atoms with Crippen LogP contribution in [0.1, 0.15) is 46.6 Å². The summed E-state index contributed by atoms with van der Waals surface area (Å²) in [6.07, 6.45) is -0.155. The highest BCUT2D eigenvalue weighted by atomic mass is 32.2. The Labute approximate surface area is 365 Å². The minimum Gasteiger partial charge on any atom is -0.467 e. The SMILES string of the molecule is COC(=O)C(Cc1ccccc1)NC(=O)NCc1cccc(-c2ccc(C3OC(CSc4nc(-c5ccccc5)c(-c5ccccc5)o4)CC(c4ccc(CO)cc4)O3)cc2)c1. The predicted molar refractivity (Wildman–Crippen MR) is 240 cm³/mol. The Kier molecular flexibility index (Phi) is 13.9. The summed E-state index contributed by atoms with van der Waals surface area (Å²) in [6.45, 7) is 0.228. The van der Waals surface area contributed by atoms with Gasteiger partial charge in [-0.3, -0.25) is 0 Å². The van der Waals surface area contributed by atoms with Crippen molar-refractivity contribution >= 4 is 23.8 Å². The van der Waals surface area contributed by atoms with Gasteiger partial charge in [0.2, 0.25) is 0 Å². The van der Waals surface area contributed by atoms with Crippen LogP contribution in [0.25, 0.3) is 33.7 Å². The Balaban J connectivity index is 0.951. The molecule has 0 radical (unpaired) electrons. The number of hydrogen-bond donors (Lipinski definition) is 3. The van der Waals surface area contributed by atoms with E-state index < -0.39 is 24.3 Å². The molecule has 4 atom stereocenters. The van der Waals surface area contributed by atoms with Gasteiger partial charge in [0.05, 0.1) is 25.9 Å². The lowest BCUT2D eigenvalue weighted by Gasteiger charge is -2.36. The monoisotopic (exact) mass is 845 g/mol. The first-order valence-corrected chi connectivity index (χ1v) is 21.5. The van der Waals surface area contributed by atoms with Crippen LogP contribution in [0.3, 0.4) is 0 Å². The lowest BCUT2D eigenvalue weighted by Crippen LogP contribution is -2.47. The van der Waals surface area contributed by atoms with Gasteiger partial charge < -0.3 is 34.4 Å². The van der Waals surface area contributed by atoms with E-state index in [1.165, 1.54) is 18.9 Å². The van der Waals surface area contributed by atoms with Crippen molar-refractivity contribution in [1.29, 1.82) is 0 Å². The molecule has 314 valence electrons. The van der Waals surface area contributed by atoms with E-state index in [1.54, 1.807) is 0 Å². The zero-order valence-corrected chi connectivity index (χ0v) is 35.0. The zero-order chi connectivity index (χ0) is 42.7. The van der Waals surface area contributed by atoms with Gasteiger partial charge in [-0.1, -0.05) is 169 Å². The Morgan fingerprint density at radius 3 is 2.06 bits per heavy atom. The number of urea groups is 1. The number of nitrogens with one attached hydrogen (secondary N) is 2. The first-order valence-electron chi connectivity index (χ1n) is 20.5. The molecule has 2 amide bonds. The molecule has 3 N–H and O–H groups in total. The van der Waals surface area contributed by atoms with Crippen LogP contribution in [0.2, 0.25) is 0 Å². The third-order valence-electron chi connectivity index (χ3n) is 10.7. The lowest BCUT2D eigenvalue weighted by atomic mass is 9.99. The van der Waals surface area contributed by atoms with Crippen LogP contribution in [0.4, 0.5) is 4.79 Å². The number of aromatic nitrogens is 1. The van der Waals surface area contributed by atoms with Crippen LogP contribution in [-0.4, -0.2) is 47.1 Å². The molecule has 2 heterocycles. The molecule has 1 saturated heterocycles. The summed E-state index contributed by atoms with van der Waals surface area (Å²) in [7, 11) is 1.31. The number of carbonyl (C=O) groups excluding carboxylic acids is 2. The van der Waals surface area contributed by atoms with Crippen LogP contribution in [0, 0.1) is 0 Å². The van der Waals surface area contributed by atoms with E-state index in [1.807, 2.05) is 164 Å². The van der Waals surface area contributed by atoms with Gasteiger partial charge in [-0.25, -0.2) is 14.6 Å². The molecule has 8 rings (SSSR count). The number of amides is 2. The molecule has 1 aromatic heterocycles. The van der Waals surface area contributed by atoms with Crippen LogP contribution in [0.15, 0.2) is 173 Å². The zero-order valence-electron chi connectivity index (χ0n) is 34.2. The molecule has 0 saturated carbocycles. The number of nitrogens with zero attached hydrogens (tertiary/aromatic N) is 1. The van der Waals surface area contributed by atoms with Crippen LogP contribution in [-0.2, 0) is 38.6 Å². The Hall–Kier alpha value is -6.50. The van der Waals surface area contributed by atoms with Crippen molar-refractivity contribution in [3.05, 3.63) is 192 Å². The van der Waals surface area contributed by atoms with E-state index in [9.17, 15) is 14.7 Å². The Morgan fingerprint density at radius 1 is 0.726 bits per heavy atom. The van der Waals surface area contributed by atoms with Gasteiger partial charge in [-0.2, -0.15) is 0 Å². The molecule has 11 heteroatoms. The van der Waals surface area contributed by atoms with E-state index in [0.29, 0.717) is 23.8 Å². The third-order valence-corrected chi connectivity index (χ3v) is 11.6. The molecule has 10 nitrogen and oxygen atoms in total. The summed E-state index contributed by atoms with van der Waals surface area (Å²) in [5, 5.41) is 15.9. The molecule has 0 bridgehead atoms. The van der Waals surface area contributed by atoms with E-state index in [-0.39, 0.29) is 25.4 Å². The first-order chi connectivity index (χ1) is 30.4. The highest BCUT2D eigenvalue weighted by molar-refractivity contribution is 7.99. The molecule has 62 heavy (non-hydrogen) atoms. The molecule has 4 unspecified atom stereocenters. The number of hydrogen-bond acceptors (Lipinski definition) is 9. The minimum absolute atomic E-state index is 0.0311. The molecule has 1 aliphatic rings. The van der Waals surface area contributed by atoms with Crippen LogP contribution < -0.4 is 10.6 Å². The fraction of sp³-hybridized carbons (Fsp3) is 0.196. The molecule has 0 spiro atoms. The van der Waals surface area contributed by atoms with Crippen LogP contribution in [0.5, 0.6) is 0 Å². The summed E-state index contributed by atoms with van der Waals surface area (Å²) in [5.41, 5.74) is 9.22. The highest BCUT2D eigenvalue weighted by Crippen LogP contribution is 2.41. The van der Waals surface area contributed by atoms with Crippen LogP contribution >= 0.6 is 11.8 Å². The van der Waals surface area contributed by atoms with Gasteiger partial charge >= 0.3 is 12.0 Å². The number of thioether (sulfide) groups is 1. The first kappa shape index (κ1) is 42.2. The summed E-state index contributed by atoms with van der Waals surface area (Å²) < 4.78 is 24.7. The number of aliphatic hydroxyl groups is 1. The van der Waals surface area contributed by atoms with Crippen molar-refractivity contribution < 1.29 is 33.3 Å². The molecule has 6 aromatic carbocycles. The summed E-state index contributed by atoms with van der Waals surface area (Å²) in [6, 6.07) is 52.2. The second-order valence-corrected chi connectivity index (χ2v) is 15.9. The van der Waals surface area contributed by atoms with Crippen molar-refractivity contribution in [3.8, 4) is 33.7 Å². The van der Waals surface area contributed by atoms with Gasteiger partial charge in [0.15, 0.2) is 12.1 Å². The summed E-state index contributed by atoms with van der Waals surface area (Å²) >= 11 is 1.52. The topological polar surface area (TPSA) is 132 Å². The van der Waals surface area contributed by atoms with Crippen molar-refractivity contribution in [2.24, 2.45) is 0 Å². The summed E-state index contributed by atoms with van der Waals surface area (Å²) in [5.74, 6) is 0.797. The number of aliphatic hydroxyl groups excluding tert-OH is 1. The summed E-state index contributed by atoms with van der Waals surface area (Å²) in [4.78, 5) is 30.3. The largest absolute Gasteiger partial charge is 0.467 e. The van der Waals surface area contributed by atoms with E-state index in [2.05, 4.69) is 10.6 Å². The van der Waals surface area contributed by atoms with Gasteiger partial charge in [0, 0.05) is 41.8 Å². The van der Waals surface area contributed by atoms with Gasteiger partial charge in [0.1, 0.15) is 11.7 Å². The Morgan fingerprint density at radius 2 is 1.37 bits per heavy atom. The van der Waals surface area contributed by atoms with Crippen molar-refractivity contribution in [1.82, 2.24) is 15.6 Å². The number of ether oxygens (including phenoxy) is 3. The lowest BCUT2D eigenvalue weighted by molar-refractivity contribution is -0.245. The molecule has 1 aliphatic heterocycles. The maximum Gasteiger partial charge on any atom is 0.328 e. The molecular formula is C51H47N3O7S. The van der Waals surface area contributed by atoms with Crippen molar-refractivity contribution in [2.45, 2.75) is 55.8 Å².